The van der Waals surface area contributed by atoms with Crippen LogP contribution in [0, 0.1) is 17.5 Å². The third-order valence-corrected chi connectivity index (χ3v) is 7.97. The first kappa shape index (κ1) is 34.1. The highest BCUT2D eigenvalue weighted by molar-refractivity contribution is 7.98. The normalized spacial score (nSPS) is 11.9. The Balaban J connectivity index is 1.58. The number of halogens is 3. The zero-order chi connectivity index (χ0) is 32.9. The molecule has 11 heteroatoms. The number of thioether (sulfide) groups is 1. The van der Waals surface area contributed by atoms with Gasteiger partial charge >= 0.3 is 0 Å². The van der Waals surface area contributed by atoms with Crippen molar-refractivity contribution in [1.82, 2.24) is 9.55 Å². The number of ether oxygens (including phenoxy) is 4. The molecule has 242 valence electrons. The van der Waals surface area contributed by atoms with Crippen molar-refractivity contribution in [1.29, 1.82) is 0 Å². The summed E-state index contributed by atoms with van der Waals surface area (Å²) in [7, 11) is 4.97. The predicted octanol–water partition coefficient (Wildman–Crippen LogP) is 8.73. The van der Waals surface area contributed by atoms with E-state index in [0.29, 0.717) is 41.2 Å². The monoisotopic (exact) mass is 643 g/mol. The van der Waals surface area contributed by atoms with Crippen molar-refractivity contribution < 1.29 is 32.1 Å². The average molecular weight is 644 g/mol. The third-order valence-electron chi connectivity index (χ3n) is 6.99. The lowest BCUT2D eigenvalue weighted by molar-refractivity contribution is -0.0293. The Kier molecular flexibility index (Phi) is 10.7. The van der Waals surface area contributed by atoms with E-state index in [0.717, 1.165) is 17.4 Å². The van der Waals surface area contributed by atoms with Crippen LogP contribution in [0.5, 0.6) is 17.2 Å². The van der Waals surface area contributed by atoms with Gasteiger partial charge in [0.05, 0.1) is 32.6 Å². The molecular weight excluding hydrogens is 603 g/mol. The lowest BCUT2D eigenvalue weighted by Gasteiger charge is -2.28. The molecule has 1 aromatic heterocycles. The van der Waals surface area contributed by atoms with Gasteiger partial charge in [0.1, 0.15) is 34.6 Å². The maximum Gasteiger partial charge on any atom is 0.174 e. The van der Waals surface area contributed by atoms with E-state index in [1.807, 2.05) is 58.7 Å². The van der Waals surface area contributed by atoms with Gasteiger partial charge in [0.25, 0.3) is 0 Å². The van der Waals surface area contributed by atoms with E-state index in [1.165, 1.54) is 24.3 Å². The second kappa shape index (κ2) is 14.1. The van der Waals surface area contributed by atoms with Crippen LogP contribution in [0.25, 0.3) is 5.69 Å². The van der Waals surface area contributed by atoms with Gasteiger partial charge in [-0.3, -0.25) is 4.57 Å². The number of nitrogens with zero attached hydrogens (tertiary/aromatic N) is 3. The van der Waals surface area contributed by atoms with E-state index in [-0.39, 0.29) is 28.5 Å². The molecule has 1 heterocycles. The number of imidazole rings is 1. The van der Waals surface area contributed by atoms with Crippen LogP contribution in [0.3, 0.4) is 0 Å². The molecule has 0 bridgehead atoms. The highest BCUT2D eigenvalue weighted by Gasteiger charge is 2.24. The highest BCUT2D eigenvalue weighted by atomic mass is 32.2. The molecule has 0 spiro atoms. The molecule has 0 saturated carbocycles. The lowest BCUT2D eigenvalue weighted by atomic mass is 10.1. The van der Waals surface area contributed by atoms with Crippen LogP contribution >= 0.6 is 11.8 Å². The third kappa shape index (κ3) is 8.67. The molecule has 0 atom stereocenters. The Morgan fingerprint density at radius 1 is 0.867 bits per heavy atom. The maximum absolute atomic E-state index is 15.3. The first-order valence-electron chi connectivity index (χ1n) is 14.4. The molecule has 4 rings (SSSR count). The number of aromatic nitrogens is 2. The van der Waals surface area contributed by atoms with E-state index < -0.39 is 17.2 Å². The largest absolute Gasteiger partial charge is 0.493 e. The second-order valence-corrected chi connectivity index (χ2v) is 13.0. The van der Waals surface area contributed by atoms with Crippen LogP contribution in [0.1, 0.15) is 46.6 Å². The SMILES string of the molecule is COc1ccc(N(C)c2cnc(SCc3c(F)cc(OC(C)(C)CCOC(C)(C)C)cc3F)n2-c2ccc(F)cc2)cc1OC. The van der Waals surface area contributed by atoms with E-state index >= 15 is 8.78 Å². The number of methoxy groups -OCH3 is 2. The molecular formula is C34H40F3N3O4S. The molecule has 45 heavy (non-hydrogen) atoms. The molecule has 0 unspecified atom stereocenters. The molecule has 0 saturated heterocycles. The quantitative estimate of drug-likeness (QED) is 0.135. The minimum atomic E-state index is -0.721. The van der Waals surface area contributed by atoms with Crippen LogP contribution in [-0.4, -0.2) is 48.6 Å². The molecule has 3 aromatic carbocycles. The van der Waals surface area contributed by atoms with Crippen molar-refractivity contribution in [2.45, 2.75) is 63.2 Å². The molecule has 0 amide bonds. The topological polar surface area (TPSA) is 58.0 Å². The molecule has 0 radical (unpaired) electrons. The Labute approximate surface area is 267 Å². The first-order valence-corrected chi connectivity index (χ1v) is 15.4. The molecule has 0 aliphatic rings. The fraction of sp³-hybridized carbons (Fsp3) is 0.382. The molecule has 0 N–H and O–H groups in total. The molecule has 4 aromatic rings. The van der Waals surface area contributed by atoms with E-state index in [4.69, 9.17) is 18.9 Å². The van der Waals surface area contributed by atoms with Crippen molar-refractivity contribution in [2.75, 3.05) is 32.8 Å². The second-order valence-electron chi connectivity index (χ2n) is 12.0. The summed E-state index contributed by atoms with van der Waals surface area (Å²) in [5.41, 5.74) is 0.300. The van der Waals surface area contributed by atoms with Crippen LogP contribution < -0.4 is 19.1 Å². The van der Waals surface area contributed by atoms with Gasteiger partial charge in [-0.2, -0.15) is 0 Å². The van der Waals surface area contributed by atoms with Gasteiger partial charge in [-0.15, -0.1) is 0 Å². The zero-order valence-electron chi connectivity index (χ0n) is 26.9. The number of rotatable bonds is 13. The number of hydrogen-bond donors (Lipinski definition) is 0. The number of benzene rings is 3. The average Bonchev–Trinajstić information content (AvgIpc) is 3.39. The van der Waals surface area contributed by atoms with E-state index in [2.05, 4.69) is 4.98 Å². The Hall–Kier alpha value is -3.83. The van der Waals surface area contributed by atoms with E-state index in [9.17, 15) is 4.39 Å². The number of anilines is 2. The van der Waals surface area contributed by atoms with Gasteiger partial charge in [0.15, 0.2) is 16.7 Å². The van der Waals surface area contributed by atoms with Gasteiger partial charge in [0.2, 0.25) is 0 Å². The Morgan fingerprint density at radius 2 is 1.51 bits per heavy atom. The minimum Gasteiger partial charge on any atom is -0.493 e. The fourth-order valence-electron chi connectivity index (χ4n) is 4.55. The van der Waals surface area contributed by atoms with Crippen molar-refractivity contribution in [2.24, 2.45) is 0 Å². The summed E-state index contributed by atoms with van der Waals surface area (Å²) in [6, 6.07) is 13.8. The molecule has 0 aliphatic carbocycles. The Bertz CT molecular complexity index is 1580. The van der Waals surface area contributed by atoms with Crippen molar-refractivity contribution >= 4 is 23.3 Å². The van der Waals surface area contributed by atoms with Gasteiger partial charge in [-0.05, 0) is 71.0 Å². The summed E-state index contributed by atoms with van der Waals surface area (Å²) in [5, 5.41) is 0.461. The molecule has 0 aliphatic heterocycles. The van der Waals surface area contributed by atoms with Gasteiger partial charge in [0, 0.05) is 54.4 Å². The number of hydrogen-bond acceptors (Lipinski definition) is 7. The van der Waals surface area contributed by atoms with Crippen LogP contribution in [0.4, 0.5) is 24.7 Å². The Morgan fingerprint density at radius 3 is 2.11 bits per heavy atom. The lowest BCUT2D eigenvalue weighted by Crippen LogP contribution is -2.32. The zero-order valence-corrected chi connectivity index (χ0v) is 27.7. The maximum atomic E-state index is 15.3. The fourth-order valence-corrected chi connectivity index (χ4v) is 5.55. The summed E-state index contributed by atoms with van der Waals surface area (Å²) in [6.45, 7) is 10.0. The van der Waals surface area contributed by atoms with Crippen LogP contribution in [-0.2, 0) is 10.5 Å². The predicted molar refractivity (Wildman–Crippen MR) is 172 cm³/mol. The van der Waals surface area contributed by atoms with Crippen LogP contribution in [0.15, 0.2) is 66.0 Å². The first-order chi connectivity index (χ1) is 21.2. The summed E-state index contributed by atoms with van der Waals surface area (Å²) >= 11 is 1.16. The van der Waals surface area contributed by atoms with Gasteiger partial charge in [-0.1, -0.05) is 11.8 Å². The smallest absolute Gasteiger partial charge is 0.174 e. The van der Waals surface area contributed by atoms with Gasteiger partial charge < -0.3 is 23.8 Å². The highest BCUT2D eigenvalue weighted by Crippen LogP contribution is 2.37. The van der Waals surface area contributed by atoms with Crippen molar-refractivity contribution in [3.63, 3.8) is 0 Å². The summed E-state index contributed by atoms with van der Waals surface area (Å²) < 4.78 is 68.8. The molecule has 0 fully saturated rings. The molecule has 7 nitrogen and oxygen atoms in total. The summed E-state index contributed by atoms with van der Waals surface area (Å²) in [4.78, 5) is 6.46. The van der Waals surface area contributed by atoms with Crippen LogP contribution in [0.2, 0.25) is 0 Å². The van der Waals surface area contributed by atoms with Gasteiger partial charge in [-0.25, -0.2) is 18.2 Å². The van der Waals surface area contributed by atoms with Crippen molar-refractivity contribution in [3.05, 3.63) is 83.8 Å². The standard InChI is InChI=1S/C34H40F3N3O4S/c1-33(2,3)43-16-15-34(4,5)44-25-18-27(36)26(28(37)19-25)21-45-32-38-20-31(40(32)23-11-9-22(35)10-12-23)39(6)24-13-14-29(41-7)30(17-24)42-8/h9-14,17-20H,15-16,21H2,1-8H3. The minimum absolute atomic E-state index is 0.0432. The van der Waals surface area contributed by atoms with E-state index in [1.54, 1.807) is 43.2 Å². The van der Waals surface area contributed by atoms with Crippen molar-refractivity contribution in [3.8, 4) is 22.9 Å². The summed E-state index contributed by atoms with van der Waals surface area (Å²) in [5.74, 6) is -0.00754. The summed E-state index contributed by atoms with van der Waals surface area (Å²) in [6.07, 6.45) is 2.19.